The number of nitrogens with one attached hydrogen (secondary N) is 2. The van der Waals surface area contributed by atoms with Gasteiger partial charge in [0.2, 0.25) is 10.0 Å². The Morgan fingerprint density at radius 1 is 1.38 bits per heavy atom. The zero-order valence-corrected chi connectivity index (χ0v) is 14.9. The van der Waals surface area contributed by atoms with E-state index in [0.29, 0.717) is 30.8 Å². The van der Waals surface area contributed by atoms with Gasteiger partial charge in [-0.2, -0.15) is 0 Å². The van der Waals surface area contributed by atoms with Crippen LogP contribution in [0.4, 0.5) is 0 Å². The second kappa shape index (κ2) is 7.26. The number of sulfonamides is 1. The zero-order valence-electron chi connectivity index (χ0n) is 12.5. The predicted molar refractivity (Wildman–Crippen MR) is 85.5 cm³/mol. The van der Waals surface area contributed by atoms with Crippen molar-refractivity contribution >= 4 is 26.0 Å². The van der Waals surface area contributed by atoms with Crippen LogP contribution in [0.2, 0.25) is 0 Å². The first-order chi connectivity index (χ1) is 9.96. The van der Waals surface area contributed by atoms with Crippen LogP contribution in [0.3, 0.4) is 0 Å². The van der Waals surface area contributed by atoms with Crippen molar-refractivity contribution in [2.75, 3.05) is 6.54 Å². The number of rotatable bonds is 9. The van der Waals surface area contributed by atoms with Gasteiger partial charge in [-0.05, 0) is 34.7 Å². The Labute approximate surface area is 135 Å². The quantitative estimate of drug-likeness (QED) is 0.692. The summed E-state index contributed by atoms with van der Waals surface area (Å²) < 4.78 is 33.1. The standard InChI is InChI=1S/C14H23BrN2O3S/c1-3-10(4-2)8-17-21(18,19)13-7-12(20-14(13)15)9-16-11-5-6-11/h7,10-11,16-17H,3-6,8-9H2,1-2H3. The monoisotopic (exact) mass is 378 g/mol. The minimum absolute atomic E-state index is 0.182. The fourth-order valence-electron chi connectivity index (χ4n) is 2.08. The third-order valence-electron chi connectivity index (χ3n) is 3.86. The normalized spacial score (nSPS) is 15.8. The Bertz CT molecular complexity index is 563. The van der Waals surface area contributed by atoms with Gasteiger partial charge in [-0.25, -0.2) is 13.1 Å². The first kappa shape index (κ1) is 17.0. The minimum atomic E-state index is -3.53. The van der Waals surface area contributed by atoms with Crippen LogP contribution >= 0.6 is 15.9 Å². The Kier molecular flexibility index (Phi) is 5.88. The van der Waals surface area contributed by atoms with Gasteiger partial charge < -0.3 is 9.73 Å². The van der Waals surface area contributed by atoms with Crippen LogP contribution < -0.4 is 10.0 Å². The third-order valence-corrected chi connectivity index (χ3v) is 6.14. The lowest BCUT2D eigenvalue weighted by Gasteiger charge is -2.12. The van der Waals surface area contributed by atoms with Crippen LogP contribution in [0.25, 0.3) is 0 Å². The van der Waals surface area contributed by atoms with Crippen LogP contribution in [0, 0.1) is 5.92 Å². The molecule has 1 aliphatic carbocycles. The molecule has 2 rings (SSSR count). The molecule has 0 bridgehead atoms. The number of halogens is 1. The largest absolute Gasteiger partial charge is 0.452 e. The molecule has 0 radical (unpaired) electrons. The van der Waals surface area contributed by atoms with E-state index in [9.17, 15) is 8.42 Å². The van der Waals surface area contributed by atoms with E-state index in [1.165, 1.54) is 12.8 Å². The van der Waals surface area contributed by atoms with Crippen molar-refractivity contribution in [2.24, 2.45) is 5.92 Å². The molecular formula is C14H23BrN2O3S. The zero-order chi connectivity index (χ0) is 15.5. The molecule has 1 fully saturated rings. The van der Waals surface area contributed by atoms with Gasteiger partial charge in [-0.3, -0.25) is 0 Å². The van der Waals surface area contributed by atoms with Gasteiger partial charge in [-0.1, -0.05) is 26.7 Å². The minimum Gasteiger partial charge on any atom is -0.452 e. The molecule has 1 aliphatic rings. The second-order valence-electron chi connectivity index (χ2n) is 5.54. The molecule has 1 saturated carbocycles. The molecule has 1 aromatic heterocycles. The summed E-state index contributed by atoms with van der Waals surface area (Å²) in [6.45, 7) is 5.16. The van der Waals surface area contributed by atoms with Crippen LogP contribution in [-0.4, -0.2) is 21.0 Å². The van der Waals surface area contributed by atoms with E-state index in [1.807, 2.05) is 0 Å². The lowest BCUT2D eigenvalue weighted by molar-refractivity contribution is 0.458. The Morgan fingerprint density at radius 2 is 2.05 bits per heavy atom. The van der Waals surface area contributed by atoms with Crippen LogP contribution in [0.5, 0.6) is 0 Å². The van der Waals surface area contributed by atoms with Gasteiger partial charge in [0.1, 0.15) is 10.7 Å². The smallest absolute Gasteiger partial charge is 0.244 e. The summed E-state index contributed by atoms with van der Waals surface area (Å²) in [6.07, 6.45) is 4.29. The Hall–Kier alpha value is -0.370. The highest BCUT2D eigenvalue weighted by molar-refractivity contribution is 9.10. The van der Waals surface area contributed by atoms with E-state index in [0.717, 1.165) is 12.8 Å². The van der Waals surface area contributed by atoms with Crippen molar-refractivity contribution in [2.45, 2.75) is 57.0 Å². The number of hydrogen-bond donors (Lipinski definition) is 2. The van der Waals surface area contributed by atoms with Crippen molar-refractivity contribution in [3.05, 3.63) is 16.5 Å². The highest BCUT2D eigenvalue weighted by Gasteiger charge is 2.25. The lowest BCUT2D eigenvalue weighted by atomic mass is 10.0. The fourth-order valence-corrected chi connectivity index (χ4v) is 4.20. The van der Waals surface area contributed by atoms with E-state index in [-0.39, 0.29) is 9.56 Å². The first-order valence-electron chi connectivity index (χ1n) is 7.47. The maximum atomic E-state index is 12.3. The van der Waals surface area contributed by atoms with Gasteiger partial charge in [0, 0.05) is 18.7 Å². The molecule has 5 nitrogen and oxygen atoms in total. The molecule has 0 aliphatic heterocycles. The molecule has 0 amide bonds. The molecule has 0 atom stereocenters. The van der Waals surface area contributed by atoms with Crippen molar-refractivity contribution in [3.8, 4) is 0 Å². The van der Waals surface area contributed by atoms with E-state index in [4.69, 9.17) is 4.42 Å². The number of hydrogen-bond acceptors (Lipinski definition) is 4. The fraction of sp³-hybridized carbons (Fsp3) is 0.714. The van der Waals surface area contributed by atoms with Crippen molar-refractivity contribution in [1.29, 1.82) is 0 Å². The van der Waals surface area contributed by atoms with E-state index >= 15 is 0 Å². The lowest BCUT2D eigenvalue weighted by Crippen LogP contribution is -2.29. The predicted octanol–water partition coefficient (Wildman–Crippen LogP) is 3.01. The summed E-state index contributed by atoms with van der Waals surface area (Å²) in [6, 6.07) is 2.15. The molecule has 120 valence electrons. The summed E-state index contributed by atoms with van der Waals surface area (Å²) in [7, 11) is -3.53. The maximum Gasteiger partial charge on any atom is 0.244 e. The summed E-state index contributed by atoms with van der Waals surface area (Å²) >= 11 is 3.20. The van der Waals surface area contributed by atoms with E-state index in [2.05, 4.69) is 39.8 Å². The molecular weight excluding hydrogens is 356 g/mol. The summed E-state index contributed by atoms with van der Waals surface area (Å²) in [5.41, 5.74) is 0. The second-order valence-corrected chi connectivity index (χ2v) is 8.00. The highest BCUT2D eigenvalue weighted by Crippen LogP contribution is 2.27. The van der Waals surface area contributed by atoms with Gasteiger partial charge in [-0.15, -0.1) is 0 Å². The van der Waals surface area contributed by atoms with Gasteiger partial charge in [0.05, 0.1) is 6.54 Å². The summed E-state index contributed by atoms with van der Waals surface area (Å²) in [4.78, 5) is 0.182. The SMILES string of the molecule is CCC(CC)CNS(=O)(=O)c1cc(CNC2CC2)oc1Br. The van der Waals surface area contributed by atoms with Crippen molar-refractivity contribution < 1.29 is 12.8 Å². The molecule has 1 aromatic rings. The van der Waals surface area contributed by atoms with Crippen LogP contribution in [0.1, 0.15) is 45.3 Å². The number of furan rings is 1. The molecule has 0 spiro atoms. The van der Waals surface area contributed by atoms with Gasteiger partial charge in [0.15, 0.2) is 4.67 Å². The van der Waals surface area contributed by atoms with E-state index in [1.54, 1.807) is 6.07 Å². The molecule has 0 saturated heterocycles. The van der Waals surface area contributed by atoms with Crippen LogP contribution in [0.15, 0.2) is 20.0 Å². The molecule has 21 heavy (non-hydrogen) atoms. The topological polar surface area (TPSA) is 71.3 Å². The van der Waals surface area contributed by atoms with E-state index < -0.39 is 10.0 Å². The maximum absolute atomic E-state index is 12.3. The molecule has 1 heterocycles. The molecule has 0 unspecified atom stereocenters. The highest BCUT2D eigenvalue weighted by atomic mass is 79.9. The molecule has 7 heteroatoms. The van der Waals surface area contributed by atoms with Crippen molar-refractivity contribution in [3.63, 3.8) is 0 Å². The first-order valence-corrected chi connectivity index (χ1v) is 9.75. The van der Waals surface area contributed by atoms with Crippen LogP contribution in [-0.2, 0) is 16.6 Å². The Morgan fingerprint density at radius 3 is 2.62 bits per heavy atom. The third kappa shape index (κ3) is 4.81. The summed E-state index contributed by atoms with van der Waals surface area (Å²) in [5, 5.41) is 3.30. The van der Waals surface area contributed by atoms with Gasteiger partial charge in [0.25, 0.3) is 0 Å². The molecule has 2 N–H and O–H groups in total. The molecule has 0 aromatic carbocycles. The Balaban J connectivity index is 2.00. The summed E-state index contributed by atoms with van der Waals surface area (Å²) in [5.74, 6) is 0.998. The van der Waals surface area contributed by atoms with Gasteiger partial charge >= 0.3 is 0 Å². The van der Waals surface area contributed by atoms with Crippen molar-refractivity contribution in [1.82, 2.24) is 10.0 Å². The average Bonchev–Trinajstić information content (AvgIpc) is 3.19. The average molecular weight is 379 g/mol.